The summed E-state index contributed by atoms with van der Waals surface area (Å²) in [5.41, 5.74) is 2.90. The predicted molar refractivity (Wildman–Crippen MR) is 76.6 cm³/mol. The van der Waals surface area contributed by atoms with Crippen LogP contribution < -0.4 is 10.2 Å². The highest BCUT2D eigenvalue weighted by atomic mass is 16.4. The lowest BCUT2D eigenvalue weighted by atomic mass is 10.2. The quantitative estimate of drug-likeness (QED) is 0.859. The highest BCUT2D eigenvalue weighted by molar-refractivity contribution is 5.86. The summed E-state index contributed by atoms with van der Waals surface area (Å²) in [5.74, 6) is -0.992. The lowest BCUT2D eigenvalue weighted by Crippen LogP contribution is -2.28. The van der Waals surface area contributed by atoms with E-state index in [-0.39, 0.29) is 5.69 Å². The van der Waals surface area contributed by atoms with Crippen LogP contribution in [-0.2, 0) is 0 Å². The third kappa shape index (κ3) is 2.34. The molecule has 6 heteroatoms. The van der Waals surface area contributed by atoms with Crippen LogP contribution in [0.15, 0.2) is 18.5 Å². The number of anilines is 1. The Labute approximate surface area is 117 Å². The molecule has 3 rings (SSSR count). The lowest BCUT2D eigenvalue weighted by molar-refractivity contribution is 0.0691. The first kappa shape index (κ1) is 12.9. The topological polar surface area (TPSA) is 69.9 Å². The number of aryl methyl sites for hydroxylation is 1. The van der Waals surface area contributed by atoms with Gasteiger partial charge in [0.2, 0.25) is 0 Å². The van der Waals surface area contributed by atoms with E-state index in [1.54, 1.807) is 6.20 Å². The van der Waals surface area contributed by atoms with Gasteiger partial charge in [-0.3, -0.25) is 0 Å². The van der Waals surface area contributed by atoms with Gasteiger partial charge < -0.3 is 19.7 Å². The van der Waals surface area contributed by atoms with E-state index in [2.05, 4.69) is 21.3 Å². The highest BCUT2D eigenvalue weighted by Crippen LogP contribution is 2.21. The second-order valence-corrected chi connectivity index (χ2v) is 5.13. The lowest BCUT2D eigenvalue weighted by Gasteiger charge is -2.22. The minimum Gasteiger partial charge on any atom is -0.476 e. The van der Waals surface area contributed by atoms with E-state index in [0.29, 0.717) is 5.65 Å². The van der Waals surface area contributed by atoms with Gasteiger partial charge in [0.1, 0.15) is 5.65 Å². The number of imidazole rings is 1. The molecule has 0 saturated carbocycles. The van der Waals surface area contributed by atoms with Crippen molar-refractivity contribution in [2.75, 3.05) is 31.1 Å². The molecule has 1 aliphatic rings. The summed E-state index contributed by atoms with van der Waals surface area (Å²) in [7, 11) is 0. The van der Waals surface area contributed by atoms with Crippen LogP contribution in [0.4, 0.5) is 5.69 Å². The standard InChI is InChI=1S/C14H18N4O2/c1-10-7-11(17-5-2-3-15-4-6-17)8-18-9-12(14(19)20)16-13(10)18/h7-9,15H,2-6H2,1H3,(H,19,20). The van der Waals surface area contributed by atoms with E-state index in [1.165, 1.54) is 0 Å². The van der Waals surface area contributed by atoms with E-state index in [1.807, 2.05) is 17.5 Å². The molecule has 106 valence electrons. The van der Waals surface area contributed by atoms with Crippen molar-refractivity contribution in [1.29, 1.82) is 0 Å². The van der Waals surface area contributed by atoms with Gasteiger partial charge in [0, 0.05) is 32.0 Å². The maximum atomic E-state index is 11.0. The summed E-state index contributed by atoms with van der Waals surface area (Å²) in [6.45, 7) is 5.96. The van der Waals surface area contributed by atoms with Gasteiger partial charge in [0.25, 0.3) is 0 Å². The Balaban J connectivity index is 2.01. The van der Waals surface area contributed by atoms with Crippen molar-refractivity contribution < 1.29 is 9.90 Å². The molecule has 20 heavy (non-hydrogen) atoms. The number of nitrogens with zero attached hydrogens (tertiary/aromatic N) is 3. The third-order valence-electron chi connectivity index (χ3n) is 3.65. The molecule has 6 nitrogen and oxygen atoms in total. The van der Waals surface area contributed by atoms with Crippen molar-refractivity contribution in [3.8, 4) is 0 Å². The van der Waals surface area contributed by atoms with Crippen molar-refractivity contribution in [2.24, 2.45) is 0 Å². The van der Waals surface area contributed by atoms with E-state index in [4.69, 9.17) is 5.11 Å². The summed E-state index contributed by atoms with van der Waals surface area (Å²) >= 11 is 0. The maximum Gasteiger partial charge on any atom is 0.356 e. The number of fused-ring (bicyclic) bond motifs is 1. The average molecular weight is 274 g/mol. The largest absolute Gasteiger partial charge is 0.476 e. The molecule has 0 radical (unpaired) electrons. The van der Waals surface area contributed by atoms with Crippen LogP contribution in [0.2, 0.25) is 0 Å². The van der Waals surface area contributed by atoms with Crippen LogP contribution in [-0.4, -0.2) is 46.6 Å². The van der Waals surface area contributed by atoms with Gasteiger partial charge in [-0.2, -0.15) is 0 Å². The molecule has 0 atom stereocenters. The zero-order valence-corrected chi connectivity index (χ0v) is 11.5. The SMILES string of the molecule is Cc1cc(N2CCCNCC2)cn2cc(C(=O)O)nc12. The smallest absolute Gasteiger partial charge is 0.356 e. The molecule has 0 aromatic carbocycles. The van der Waals surface area contributed by atoms with E-state index < -0.39 is 5.97 Å². The molecule has 1 fully saturated rings. The van der Waals surface area contributed by atoms with E-state index in [9.17, 15) is 4.79 Å². The summed E-state index contributed by atoms with van der Waals surface area (Å²) in [5, 5.41) is 12.4. The van der Waals surface area contributed by atoms with Gasteiger partial charge in [0.05, 0.1) is 5.69 Å². The first-order valence-corrected chi connectivity index (χ1v) is 6.83. The van der Waals surface area contributed by atoms with Gasteiger partial charge >= 0.3 is 5.97 Å². The predicted octanol–water partition coefficient (Wildman–Crippen LogP) is 1.14. The Kier molecular flexibility index (Phi) is 3.31. The highest BCUT2D eigenvalue weighted by Gasteiger charge is 2.14. The zero-order valence-electron chi connectivity index (χ0n) is 11.5. The summed E-state index contributed by atoms with van der Waals surface area (Å²) in [6, 6.07) is 2.08. The fourth-order valence-electron chi connectivity index (χ4n) is 2.63. The van der Waals surface area contributed by atoms with Gasteiger partial charge in [-0.25, -0.2) is 9.78 Å². The van der Waals surface area contributed by atoms with Crippen molar-refractivity contribution in [1.82, 2.24) is 14.7 Å². The fraction of sp³-hybridized carbons (Fsp3) is 0.429. The normalized spacial score (nSPS) is 16.4. The van der Waals surface area contributed by atoms with E-state index >= 15 is 0 Å². The number of aromatic carboxylic acids is 1. The first-order valence-electron chi connectivity index (χ1n) is 6.83. The molecular weight excluding hydrogens is 256 g/mol. The third-order valence-corrected chi connectivity index (χ3v) is 3.65. The maximum absolute atomic E-state index is 11.0. The molecule has 2 N–H and O–H groups in total. The molecule has 0 amide bonds. The Bertz CT molecular complexity index is 642. The van der Waals surface area contributed by atoms with Gasteiger partial charge in [-0.15, -0.1) is 0 Å². The van der Waals surface area contributed by atoms with Crippen molar-refractivity contribution in [2.45, 2.75) is 13.3 Å². The van der Waals surface area contributed by atoms with Gasteiger partial charge in [0.15, 0.2) is 5.69 Å². The molecule has 1 aliphatic heterocycles. The molecular formula is C14H18N4O2. The molecule has 2 aromatic rings. The Morgan fingerprint density at radius 3 is 3.00 bits per heavy atom. The molecule has 2 aromatic heterocycles. The Morgan fingerprint density at radius 1 is 1.35 bits per heavy atom. The number of hydrogen-bond acceptors (Lipinski definition) is 4. The van der Waals surface area contributed by atoms with Crippen molar-refractivity contribution >= 4 is 17.3 Å². The average Bonchev–Trinajstić information content (AvgIpc) is 2.67. The number of aromatic nitrogens is 2. The fourth-order valence-corrected chi connectivity index (χ4v) is 2.63. The minimum atomic E-state index is -0.992. The minimum absolute atomic E-state index is 0.0859. The number of carboxylic acids is 1. The molecule has 0 unspecified atom stereocenters. The van der Waals surface area contributed by atoms with Crippen molar-refractivity contribution in [3.05, 3.63) is 29.7 Å². The van der Waals surface area contributed by atoms with Gasteiger partial charge in [-0.1, -0.05) is 0 Å². The second-order valence-electron chi connectivity index (χ2n) is 5.13. The van der Waals surface area contributed by atoms with Crippen molar-refractivity contribution in [3.63, 3.8) is 0 Å². The van der Waals surface area contributed by atoms with Crippen LogP contribution >= 0.6 is 0 Å². The number of rotatable bonds is 2. The summed E-state index contributed by atoms with van der Waals surface area (Å²) < 4.78 is 1.81. The van der Waals surface area contributed by atoms with Crippen LogP contribution in [0.25, 0.3) is 5.65 Å². The zero-order chi connectivity index (χ0) is 14.1. The Morgan fingerprint density at radius 2 is 2.20 bits per heavy atom. The van der Waals surface area contributed by atoms with Crippen LogP contribution in [0.5, 0.6) is 0 Å². The summed E-state index contributed by atoms with van der Waals surface area (Å²) in [6.07, 6.45) is 4.65. The molecule has 0 spiro atoms. The molecule has 3 heterocycles. The molecule has 0 bridgehead atoms. The number of nitrogens with one attached hydrogen (secondary N) is 1. The van der Waals surface area contributed by atoms with Crippen LogP contribution in [0, 0.1) is 6.92 Å². The summed E-state index contributed by atoms with van der Waals surface area (Å²) in [4.78, 5) is 17.5. The van der Waals surface area contributed by atoms with Crippen LogP contribution in [0.3, 0.4) is 0 Å². The first-order chi connectivity index (χ1) is 9.65. The Hall–Kier alpha value is -2.08. The number of pyridine rings is 1. The second kappa shape index (κ2) is 5.13. The number of hydrogen-bond donors (Lipinski definition) is 2. The number of carboxylic acid groups (broad SMARTS) is 1. The van der Waals surface area contributed by atoms with Crippen LogP contribution in [0.1, 0.15) is 22.5 Å². The molecule has 0 aliphatic carbocycles. The monoisotopic (exact) mass is 274 g/mol. The van der Waals surface area contributed by atoms with Gasteiger partial charge in [-0.05, 0) is 31.5 Å². The number of carbonyl (C=O) groups is 1. The van der Waals surface area contributed by atoms with E-state index in [0.717, 1.165) is 43.9 Å². The molecule has 1 saturated heterocycles.